The van der Waals surface area contributed by atoms with E-state index in [4.69, 9.17) is 16.3 Å². The largest absolute Gasteiger partial charge is 0.466 e. The molecule has 120 valence electrons. The Morgan fingerprint density at radius 1 is 0.800 bits per heavy atom. The van der Waals surface area contributed by atoms with Crippen LogP contribution in [0, 0.1) is 0 Å². The minimum absolute atomic E-state index is 0.164. The highest BCUT2D eigenvalue weighted by molar-refractivity contribution is 6.18. The molecule has 0 saturated carbocycles. The molecule has 0 aromatic rings. The molecule has 0 aliphatic carbocycles. The summed E-state index contributed by atoms with van der Waals surface area (Å²) in [6.45, 7) is 2.83. The van der Waals surface area contributed by atoms with Gasteiger partial charge in [0.15, 0.2) is 0 Å². The first-order valence-electron chi connectivity index (χ1n) is 8.52. The molecule has 0 radical (unpaired) electrons. The average Bonchev–Trinajstić information content (AvgIpc) is 2.44. The van der Waals surface area contributed by atoms with Crippen LogP contribution in [0.3, 0.4) is 0 Å². The molecule has 0 bridgehead atoms. The van der Waals surface area contributed by atoms with Crippen molar-refractivity contribution in [2.45, 2.75) is 90.4 Å². The lowest BCUT2D eigenvalue weighted by Gasteiger charge is -2.04. The summed E-state index contributed by atoms with van der Waals surface area (Å²) in [6, 6.07) is 0. The van der Waals surface area contributed by atoms with Crippen LogP contribution in [0.2, 0.25) is 0 Å². The molecule has 0 spiro atoms. The van der Waals surface area contributed by atoms with Gasteiger partial charge in [-0.3, -0.25) is 4.79 Å². The lowest BCUT2D eigenvalue weighted by atomic mass is 10.1. The fourth-order valence-electron chi connectivity index (χ4n) is 2.28. The third kappa shape index (κ3) is 15.8. The van der Waals surface area contributed by atoms with Crippen molar-refractivity contribution in [3.8, 4) is 0 Å². The van der Waals surface area contributed by atoms with Gasteiger partial charge in [0.1, 0.15) is 0 Å². The summed E-state index contributed by atoms with van der Waals surface area (Å²) >= 11 is 5.45. The van der Waals surface area contributed by atoms with Gasteiger partial charge in [-0.25, -0.2) is 0 Å². The van der Waals surface area contributed by atoms with Crippen molar-refractivity contribution in [3.63, 3.8) is 0 Å². The summed E-state index contributed by atoms with van der Waals surface area (Å²) in [5, 5.41) is 0. The summed E-state index contributed by atoms with van der Waals surface area (Å²) < 4.78 is 5.05. The Kier molecular flexibility index (Phi) is 16.6. The molecule has 0 unspecified atom stereocenters. The van der Waals surface area contributed by atoms with Crippen LogP contribution in [0.1, 0.15) is 90.4 Å². The summed E-state index contributed by atoms with van der Waals surface area (Å²) in [4.78, 5) is 11.0. The molecule has 0 saturated heterocycles. The number of carbonyl (C=O) groups excluding carboxylic acids is 1. The van der Waals surface area contributed by atoms with E-state index >= 15 is 0 Å². The van der Waals surface area contributed by atoms with Gasteiger partial charge >= 0.3 is 5.97 Å². The highest BCUT2D eigenvalue weighted by Gasteiger charge is 2.00. The topological polar surface area (TPSA) is 26.3 Å². The zero-order chi connectivity index (χ0) is 14.9. The maximum atomic E-state index is 11.0. The van der Waals surface area contributed by atoms with E-state index in [1.807, 2.05) is 0 Å². The Bertz CT molecular complexity index is 207. The fourth-order valence-corrected chi connectivity index (χ4v) is 2.43. The number of halogens is 1. The average molecular weight is 305 g/mol. The van der Waals surface area contributed by atoms with Crippen molar-refractivity contribution in [3.05, 3.63) is 0 Å². The molecule has 0 rings (SSSR count). The Hall–Kier alpha value is -0.240. The molecule has 0 N–H and O–H groups in total. The van der Waals surface area contributed by atoms with Crippen LogP contribution < -0.4 is 0 Å². The van der Waals surface area contributed by atoms with Gasteiger partial charge in [-0.2, -0.15) is 0 Å². The maximum absolute atomic E-state index is 11.0. The zero-order valence-corrected chi connectivity index (χ0v) is 14.1. The number of esters is 1. The number of hydrogen-bond acceptors (Lipinski definition) is 2. The highest BCUT2D eigenvalue weighted by atomic mass is 35.5. The lowest BCUT2D eigenvalue weighted by Crippen LogP contribution is -2.06. The first kappa shape index (κ1) is 19.8. The van der Waals surface area contributed by atoms with E-state index in [1.54, 1.807) is 0 Å². The van der Waals surface area contributed by atoms with Crippen molar-refractivity contribution in [2.75, 3.05) is 12.5 Å². The first-order chi connectivity index (χ1) is 9.81. The monoisotopic (exact) mass is 304 g/mol. The summed E-state index contributed by atoms with van der Waals surface area (Å²) in [6.07, 6.45) is 16.2. The van der Waals surface area contributed by atoms with E-state index in [-0.39, 0.29) is 5.97 Å². The molecule has 20 heavy (non-hydrogen) atoms. The molecule has 3 heteroatoms. The Labute approximate surface area is 130 Å². The van der Waals surface area contributed by atoms with Gasteiger partial charge in [0.25, 0.3) is 0 Å². The molecule has 2 nitrogen and oxygen atoms in total. The van der Waals surface area contributed by atoms with Crippen LogP contribution in [0.25, 0.3) is 0 Å². The summed E-state index contributed by atoms with van der Waals surface area (Å²) in [7, 11) is 0. The predicted molar refractivity (Wildman–Crippen MR) is 87.4 cm³/mol. The molecular formula is C17H33ClO2. The van der Waals surface area contributed by atoms with Crippen molar-refractivity contribution in [1.29, 1.82) is 0 Å². The minimum atomic E-state index is -0.164. The number of unbranched alkanes of at least 4 members (excludes halogenated alkanes) is 11. The number of rotatable bonds is 15. The highest BCUT2D eigenvalue weighted by Crippen LogP contribution is 2.11. The molecule has 0 amide bonds. The molecule has 0 aliphatic rings. The standard InChI is InChI=1S/C17H33ClO2/c1-2-3-4-5-6-7-8-9-10-11-12-13-16-20-17(19)14-15-18/h2-16H2,1H3. The van der Waals surface area contributed by atoms with Crippen LogP contribution in [0.5, 0.6) is 0 Å². The van der Waals surface area contributed by atoms with Crippen molar-refractivity contribution >= 4 is 17.6 Å². The van der Waals surface area contributed by atoms with E-state index in [2.05, 4.69) is 6.92 Å². The van der Waals surface area contributed by atoms with E-state index in [1.165, 1.54) is 70.6 Å². The second-order valence-electron chi connectivity index (χ2n) is 5.55. The van der Waals surface area contributed by atoms with Crippen LogP contribution >= 0.6 is 11.6 Å². The summed E-state index contributed by atoms with van der Waals surface area (Å²) in [5.41, 5.74) is 0. The van der Waals surface area contributed by atoms with Gasteiger partial charge in [0, 0.05) is 5.88 Å². The summed E-state index contributed by atoms with van der Waals surface area (Å²) in [5.74, 6) is 0.195. The molecule has 0 aliphatic heterocycles. The van der Waals surface area contributed by atoms with E-state index < -0.39 is 0 Å². The lowest BCUT2D eigenvalue weighted by molar-refractivity contribution is -0.143. The third-order valence-electron chi connectivity index (χ3n) is 3.56. The van der Waals surface area contributed by atoms with Crippen LogP contribution in [-0.2, 0) is 9.53 Å². The number of carbonyl (C=O) groups is 1. The van der Waals surface area contributed by atoms with Gasteiger partial charge in [0.05, 0.1) is 13.0 Å². The molecule has 0 aromatic carbocycles. The van der Waals surface area contributed by atoms with Gasteiger partial charge in [-0.05, 0) is 6.42 Å². The Morgan fingerprint density at radius 3 is 1.70 bits per heavy atom. The zero-order valence-electron chi connectivity index (χ0n) is 13.3. The third-order valence-corrected chi connectivity index (χ3v) is 3.75. The normalized spacial score (nSPS) is 10.7. The first-order valence-corrected chi connectivity index (χ1v) is 9.06. The number of alkyl halides is 1. The molecule has 0 heterocycles. The van der Waals surface area contributed by atoms with Gasteiger partial charge in [-0.15, -0.1) is 11.6 Å². The van der Waals surface area contributed by atoms with Crippen LogP contribution in [0.15, 0.2) is 0 Å². The maximum Gasteiger partial charge on any atom is 0.306 e. The smallest absolute Gasteiger partial charge is 0.306 e. The predicted octanol–water partition coefficient (Wildman–Crippen LogP) is 5.86. The van der Waals surface area contributed by atoms with Gasteiger partial charge in [-0.1, -0.05) is 77.6 Å². The molecule has 0 fully saturated rings. The minimum Gasteiger partial charge on any atom is -0.466 e. The number of hydrogen-bond donors (Lipinski definition) is 0. The van der Waals surface area contributed by atoms with E-state index in [9.17, 15) is 4.79 Å². The van der Waals surface area contributed by atoms with Crippen LogP contribution in [-0.4, -0.2) is 18.5 Å². The van der Waals surface area contributed by atoms with E-state index in [0.29, 0.717) is 18.9 Å². The van der Waals surface area contributed by atoms with Crippen molar-refractivity contribution < 1.29 is 9.53 Å². The van der Waals surface area contributed by atoms with Gasteiger partial charge in [0.2, 0.25) is 0 Å². The fraction of sp³-hybridized carbons (Fsp3) is 0.941. The van der Waals surface area contributed by atoms with Crippen molar-refractivity contribution in [1.82, 2.24) is 0 Å². The van der Waals surface area contributed by atoms with Crippen LogP contribution in [0.4, 0.5) is 0 Å². The van der Waals surface area contributed by atoms with Gasteiger partial charge < -0.3 is 4.74 Å². The number of ether oxygens (including phenoxy) is 1. The van der Waals surface area contributed by atoms with Crippen molar-refractivity contribution in [2.24, 2.45) is 0 Å². The molecule has 0 atom stereocenters. The molecule has 0 aromatic heterocycles. The Balaban J connectivity index is 3.01. The Morgan fingerprint density at radius 2 is 1.25 bits per heavy atom. The quantitative estimate of drug-likeness (QED) is 0.215. The molecular weight excluding hydrogens is 272 g/mol. The second-order valence-corrected chi connectivity index (χ2v) is 5.93. The van der Waals surface area contributed by atoms with E-state index in [0.717, 1.165) is 6.42 Å². The second kappa shape index (κ2) is 16.8. The SMILES string of the molecule is CCCCCCCCCCCCCCOC(=O)CCCl.